The van der Waals surface area contributed by atoms with Crippen molar-refractivity contribution < 1.29 is 89.7 Å². The molecule has 0 amide bonds. The Morgan fingerprint density at radius 3 is 2.53 bits per heavy atom. The van der Waals surface area contributed by atoms with Crippen LogP contribution in [0.5, 0.6) is 5.75 Å². The van der Waals surface area contributed by atoms with Gasteiger partial charge in [0.25, 0.3) is 0 Å². The van der Waals surface area contributed by atoms with Gasteiger partial charge in [-0.2, -0.15) is 0 Å². The summed E-state index contributed by atoms with van der Waals surface area (Å²) in [5.41, 5.74) is 4.62. The number of ether oxygens (including phenoxy) is 2. The van der Waals surface area contributed by atoms with Gasteiger partial charge < -0.3 is 20.6 Å². The van der Waals surface area contributed by atoms with Crippen molar-refractivity contribution in [2.75, 3.05) is 13.2 Å². The van der Waals surface area contributed by atoms with Gasteiger partial charge in [-0.15, -0.1) is 11.3 Å². The molecule has 156 valence electrons. The summed E-state index contributed by atoms with van der Waals surface area (Å²) < 4.78 is 13.5. The standard InChI is InChI=1S/C23H27NO4S.Cs.H/c1-4-27-21(23(25)26)14-18-6-8-19(9-7-18)28-12-11-24-17(3)5-10-20(24)22-13-16(2)15-29-22;;/h5-10,13,15,21H,4,11-12,14H2,1-3H3,(H,25,26);;/q;+1;-1. The number of carboxylic acid groups (broad SMARTS) is 1. The van der Waals surface area contributed by atoms with E-state index >= 15 is 0 Å². The predicted octanol–water partition coefficient (Wildman–Crippen LogP) is 2.06. The maximum absolute atomic E-state index is 11.2. The number of nitrogens with zero attached hydrogens (tertiary/aromatic N) is 1. The molecule has 0 fully saturated rings. The van der Waals surface area contributed by atoms with Gasteiger partial charge in [-0.05, 0) is 67.6 Å². The van der Waals surface area contributed by atoms with E-state index in [1.165, 1.54) is 21.8 Å². The fourth-order valence-electron chi connectivity index (χ4n) is 3.26. The Kier molecular flexibility index (Phi) is 10.7. The summed E-state index contributed by atoms with van der Waals surface area (Å²) in [5, 5.41) is 11.4. The van der Waals surface area contributed by atoms with Crippen molar-refractivity contribution in [3.05, 3.63) is 64.7 Å². The van der Waals surface area contributed by atoms with Gasteiger partial charge in [-0.3, -0.25) is 0 Å². The van der Waals surface area contributed by atoms with Crippen molar-refractivity contribution >= 4 is 17.3 Å². The molecule has 0 saturated carbocycles. The van der Waals surface area contributed by atoms with Gasteiger partial charge in [0.1, 0.15) is 12.4 Å². The molecule has 0 radical (unpaired) electrons. The number of carbonyl (C=O) groups is 1. The minimum atomic E-state index is -0.939. The average molecular weight is 547 g/mol. The van der Waals surface area contributed by atoms with Gasteiger partial charge in [0.2, 0.25) is 0 Å². The zero-order valence-corrected chi connectivity index (χ0v) is 25.1. The third-order valence-corrected chi connectivity index (χ3v) is 5.82. The molecule has 3 rings (SSSR count). The first-order valence-corrected chi connectivity index (χ1v) is 10.6. The van der Waals surface area contributed by atoms with E-state index in [1.807, 2.05) is 24.3 Å². The van der Waals surface area contributed by atoms with Gasteiger partial charge in [-0.1, -0.05) is 12.1 Å². The monoisotopic (exact) mass is 547 g/mol. The predicted molar refractivity (Wildman–Crippen MR) is 117 cm³/mol. The van der Waals surface area contributed by atoms with Crippen molar-refractivity contribution in [3.63, 3.8) is 0 Å². The number of benzene rings is 1. The van der Waals surface area contributed by atoms with E-state index in [2.05, 4.69) is 42.0 Å². The zero-order chi connectivity index (χ0) is 20.8. The first-order valence-electron chi connectivity index (χ1n) is 9.75. The molecule has 0 bridgehead atoms. The summed E-state index contributed by atoms with van der Waals surface area (Å²) >= 11 is 1.76. The smallest absolute Gasteiger partial charge is 1.00 e. The SMILES string of the molecule is CCOC(Cc1ccc(OCCn2c(C)ccc2-c2cc(C)cs2)cc1)C(=O)O.[Cs+].[H-]. The maximum Gasteiger partial charge on any atom is 1.00 e. The van der Waals surface area contributed by atoms with E-state index in [0.717, 1.165) is 17.9 Å². The van der Waals surface area contributed by atoms with Crippen LogP contribution < -0.4 is 73.6 Å². The van der Waals surface area contributed by atoms with E-state index in [4.69, 9.17) is 9.47 Å². The van der Waals surface area contributed by atoms with Crippen LogP contribution in [0.15, 0.2) is 47.8 Å². The van der Waals surface area contributed by atoms with Crippen LogP contribution in [0.1, 0.15) is 25.2 Å². The van der Waals surface area contributed by atoms with Crippen molar-refractivity contribution in [2.45, 2.75) is 39.8 Å². The number of rotatable bonds is 10. The maximum atomic E-state index is 11.2. The van der Waals surface area contributed by atoms with Crippen LogP contribution in [0.25, 0.3) is 10.6 Å². The minimum absolute atomic E-state index is 0. The number of aliphatic carboxylic acids is 1. The Balaban J connectivity index is 0.00000240. The molecular weight excluding hydrogens is 519 g/mol. The molecule has 1 N–H and O–H groups in total. The van der Waals surface area contributed by atoms with E-state index < -0.39 is 12.1 Å². The van der Waals surface area contributed by atoms with E-state index in [-0.39, 0.29) is 70.3 Å². The van der Waals surface area contributed by atoms with Gasteiger partial charge >= 0.3 is 74.9 Å². The van der Waals surface area contributed by atoms with Crippen LogP contribution >= 0.6 is 11.3 Å². The van der Waals surface area contributed by atoms with Gasteiger partial charge in [0, 0.05) is 18.7 Å². The molecular formula is C23H28CsNO4S. The van der Waals surface area contributed by atoms with Crippen molar-refractivity contribution in [1.29, 1.82) is 0 Å². The second-order valence-corrected chi connectivity index (χ2v) is 7.89. The Bertz CT molecular complexity index is 955. The summed E-state index contributed by atoms with van der Waals surface area (Å²) in [4.78, 5) is 12.5. The fourth-order valence-corrected chi connectivity index (χ4v) is 4.19. The van der Waals surface area contributed by atoms with Crippen LogP contribution in [-0.4, -0.2) is 35.0 Å². The van der Waals surface area contributed by atoms with E-state index in [1.54, 1.807) is 18.3 Å². The molecule has 1 atom stereocenters. The molecule has 7 heteroatoms. The second-order valence-electron chi connectivity index (χ2n) is 6.98. The first-order chi connectivity index (χ1) is 14.0. The molecule has 1 unspecified atom stereocenters. The fraction of sp³-hybridized carbons (Fsp3) is 0.348. The molecule has 0 saturated heterocycles. The number of carboxylic acids is 1. The molecule has 5 nitrogen and oxygen atoms in total. The number of aryl methyl sites for hydroxylation is 2. The summed E-state index contributed by atoms with van der Waals surface area (Å²) in [6.07, 6.45) is -0.474. The normalized spacial score (nSPS) is 11.7. The van der Waals surface area contributed by atoms with Crippen molar-refractivity contribution in [2.24, 2.45) is 0 Å². The first kappa shape index (κ1) is 25.7. The Labute approximate surface area is 242 Å². The molecule has 2 heterocycles. The van der Waals surface area contributed by atoms with Crippen LogP contribution in [0.2, 0.25) is 0 Å². The van der Waals surface area contributed by atoms with E-state index in [9.17, 15) is 9.90 Å². The topological polar surface area (TPSA) is 60.7 Å². The number of hydrogen-bond donors (Lipinski definition) is 1. The quantitative estimate of drug-likeness (QED) is 0.423. The van der Waals surface area contributed by atoms with Crippen molar-refractivity contribution in [1.82, 2.24) is 4.57 Å². The third-order valence-electron chi connectivity index (χ3n) is 4.75. The molecule has 0 spiro atoms. The number of thiophene rings is 1. The van der Waals surface area contributed by atoms with Crippen LogP contribution in [-0.2, 0) is 22.5 Å². The molecule has 0 aliphatic carbocycles. The van der Waals surface area contributed by atoms with Gasteiger partial charge in [-0.25, -0.2) is 4.79 Å². The summed E-state index contributed by atoms with van der Waals surface area (Å²) in [5.74, 6) is -0.165. The van der Waals surface area contributed by atoms with Crippen molar-refractivity contribution in [3.8, 4) is 16.3 Å². The number of hydrogen-bond acceptors (Lipinski definition) is 4. The zero-order valence-electron chi connectivity index (χ0n) is 19.1. The second kappa shape index (κ2) is 12.5. The molecule has 30 heavy (non-hydrogen) atoms. The third kappa shape index (κ3) is 7.00. The minimum Gasteiger partial charge on any atom is -1.00 e. The average Bonchev–Trinajstić information content (AvgIpc) is 3.28. The Morgan fingerprint density at radius 2 is 1.93 bits per heavy atom. The molecule has 0 aliphatic heterocycles. The number of aromatic nitrogens is 1. The van der Waals surface area contributed by atoms with Gasteiger partial charge in [0.05, 0.1) is 17.1 Å². The summed E-state index contributed by atoms with van der Waals surface area (Å²) in [6, 6.07) is 14.1. The Morgan fingerprint density at radius 1 is 1.20 bits per heavy atom. The van der Waals surface area contributed by atoms with E-state index in [0.29, 0.717) is 19.6 Å². The summed E-state index contributed by atoms with van der Waals surface area (Å²) in [7, 11) is 0. The van der Waals surface area contributed by atoms with Gasteiger partial charge in [0.15, 0.2) is 6.10 Å². The van der Waals surface area contributed by atoms with Crippen LogP contribution in [0.3, 0.4) is 0 Å². The molecule has 1 aromatic carbocycles. The summed E-state index contributed by atoms with van der Waals surface area (Å²) in [6.45, 7) is 7.71. The molecule has 3 aromatic rings. The largest absolute Gasteiger partial charge is 1.00 e. The van der Waals surface area contributed by atoms with Crippen LogP contribution in [0, 0.1) is 13.8 Å². The Hall–Kier alpha value is -0.518. The molecule has 0 aliphatic rings. The molecule has 2 aromatic heterocycles. The van der Waals surface area contributed by atoms with Crippen LogP contribution in [0.4, 0.5) is 0 Å².